The molecule has 0 aliphatic carbocycles. The summed E-state index contributed by atoms with van der Waals surface area (Å²) < 4.78 is 18.1. The molecule has 4 rings (SSSR count). The van der Waals surface area contributed by atoms with Gasteiger partial charge in [0.15, 0.2) is 12.4 Å². The summed E-state index contributed by atoms with van der Waals surface area (Å²) in [5.74, 6) is -0.760. The first-order valence-corrected chi connectivity index (χ1v) is 14.1. The highest BCUT2D eigenvalue weighted by Crippen LogP contribution is 2.42. The van der Waals surface area contributed by atoms with Crippen LogP contribution in [0.4, 0.5) is 5.69 Å². The highest BCUT2D eigenvalue weighted by Gasteiger charge is 2.39. The van der Waals surface area contributed by atoms with Crippen LogP contribution >= 0.6 is 0 Å². The fourth-order valence-electron chi connectivity index (χ4n) is 5.35. The first-order chi connectivity index (χ1) is 18.8. The van der Waals surface area contributed by atoms with Crippen LogP contribution in [0.2, 0.25) is 0 Å². The topological polar surface area (TPSA) is 97.3 Å². The van der Waals surface area contributed by atoms with Gasteiger partial charge in [-0.15, -0.1) is 0 Å². The number of aliphatic hydroxyl groups excluding tert-OH is 1. The zero-order chi connectivity index (χ0) is 27.8. The number of amides is 1. The van der Waals surface area contributed by atoms with Gasteiger partial charge in [-0.25, -0.2) is 0 Å². The third-order valence-corrected chi connectivity index (χ3v) is 7.67. The van der Waals surface area contributed by atoms with Gasteiger partial charge in [0.2, 0.25) is 0 Å². The van der Waals surface area contributed by atoms with Crippen LogP contribution in [0.15, 0.2) is 48.5 Å². The number of hydrogen-bond acceptors (Lipinski definition) is 7. The third-order valence-electron chi connectivity index (χ3n) is 7.67. The molecule has 2 aliphatic heterocycles. The average molecular weight is 539 g/mol. The first kappa shape index (κ1) is 29.2. The molecular weight excluding hydrogens is 496 g/mol. The summed E-state index contributed by atoms with van der Waals surface area (Å²) in [6.07, 6.45) is 4.70. The van der Waals surface area contributed by atoms with Gasteiger partial charge < -0.3 is 29.5 Å². The van der Waals surface area contributed by atoms with Crippen molar-refractivity contribution < 1.29 is 28.9 Å². The zero-order valence-corrected chi connectivity index (χ0v) is 23.3. The molecule has 1 amide bonds. The van der Waals surface area contributed by atoms with E-state index in [1.165, 1.54) is 46.0 Å². The van der Waals surface area contributed by atoms with Crippen molar-refractivity contribution in [3.63, 3.8) is 0 Å². The van der Waals surface area contributed by atoms with Crippen molar-refractivity contribution in [1.82, 2.24) is 4.90 Å². The Morgan fingerprint density at radius 1 is 0.974 bits per heavy atom. The lowest BCUT2D eigenvalue weighted by atomic mass is 9.89. The van der Waals surface area contributed by atoms with Gasteiger partial charge in [0.25, 0.3) is 5.91 Å². The molecular formula is C31H42N2O6. The summed E-state index contributed by atoms with van der Waals surface area (Å²) in [6, 6.07) is 15.3. The van der Waals surface area contributed by atoms with Crippen molar-refractivity contribution in [3.8, 4) is 0 Å². The number of ether oxygens (including phenoxy) is 3. The van der Waals surface area contributed by atoms with Crippen molar-refractivity contribution in [2.24, 2.45) is 5.92 Å². The van der Waals surface area contributed by atoms with Gasteiger partial charge in [0.05, 0.1) is 18.8 Å². The van der Waals surface area contributed by atoms with Crippen molar-refractivity contribution in [2.75, 3.05) is 25.0 Å². The number of benzene rings is 2. The molecule has 2 fully saturated rings. The van der Waals surface area contributed by atoms with Crippen molar-refractivity contribution in [2.45, 2.75) is 84.1 Å². The molecule has 0 saturated carbocycles. The maximum absolute atomic E-state index is 12.3. The minimum absolute atomic E-state index is 0.00716. The van der Waals surface area contributed by atoms with E-state index in [0.717, 1.165) is 36.3 Å². The number of esters is 1. The van der Waals surface area contributed by atoms with E-state index in [-0.39, 0.29) is 24.7 Å². The lowest BCUT2D eigenvalue weighted by Crippen LogP contribution is -2.45. The van der Waals surface area contributed by atoms with Gasteiger partial charge in [-0.3, -0.25) is 9.59 Å². The number of hydrogen-bond donors (Lipinski definition) is 2. The number of carbonyl (C=O) groups excluding carboxylic acids is 2. The summed E-state index contributed by atoms with van der Waals surface area (Å²) in [6.45, 7) is 8.05. The lowest BCUT2D eigenvalue weighted by molar-refractivity contribution is -0.276. The molecule has 0 aromatic heterocycles. The van der Waals surface area contributed by atoms with Crippen LogP contribution < -0.4 is 5.32 Å². The second-order valence-electron chi connectivity index (χ2n) is 10.8. The highest BCUT2D eigenvalue weighted by atomic mass is 16.7. The van der Waals surface area contributed by atoms with Crippen molar-refractivity contribution in [1.29, 1.82) is 0 Å². The van der Waals surface area contributed by atoms with E-state index in [1.807, 2.05) is 36.4 Å². The predicted molar refractivity (Wildman–Crippen MR) is 149 cm³/mol. The molecule has 2 N–H and O–H groups in total. The molecule has 0 spiro atoms. The smallest absolute Gasteiger partial charge is 0.303 e. The number of nitrogens with zero attached hydrogens (tertiary/aromatic N) is 1. The molecule has 0 unspecified atom stereocenters. The Balaban J connectivity index is 1.51. The van der Waals surface area contributed by atoms with E-state index in [9.17, 15) is 14.7 Å². The molecule has 2 heterocycles. The van der Waals surface area contributed by atoms with E-state index in [0.29, 0.717) is 5.69 Å². The molecule has 2 aromatic rings. The van der Waals surface area contributed by atoms with Gasteiger partial charge in [-0.2, -0.15) is 0 Å². The van der Waals surface area contributed by atoms with Crippen LogP contribution in [0.5, 0.6) is 0 Å². The van der Waals surface area contributed by atoms with E-state index in [1.54, 1.807) is 12.1 Å². The molecule has 2 aromatic carbocycles. The van der Waals surface area contributed by atoms with Gasteiger partial charge in [0.1, 0.15) is 0 Å². The first-order valence-electron chi connectivity index (χ1n) is 14.1. The molecule has 0 radical (unpaired) electrons. The fraction of sp³-hybridized carbons (Fsp3) is 0.548. The third kappa shape index (κ3) is 8.11. The normalized spacial score (nSPS) is 25.2. The standard InChI is InChI=1S/C31H42N2O6/c1-21-28(19-33-17-7-5-4-6-8-18-33)38-31(39-29(21)25-11-9-24(20-34)10-12-25)26-13-15-27(16-14-26)32-30(36)22(2)37-23(3)35/h9-16,21-22,28-29,31,34H,4-8,17-20H2,1-3H3,(H,32,36)/t21-,22+,28+,29+,31+/m1/s1. The number of likely N-dealkylation sites (tertiary alicyclic amines) is 1. The van der Waals surface area contributed by atoms with Gasteiger partial charge >= 0.3 is 5.97 Å². The Kier molecular flexibility index (Phi) is 10.5. The quantitative estimate of drug-likeness (QED) is 0.450. The van der Waals surface area contributed by atoms with Crippen molar-refractivity contribution >= 4 is 17.6 Å². The van der Waals surface area contributed by atoms with Crippen LogP contribution in [-0.2, 0) is 30.4 Å². The average Bonchev–Trinajstić information content (AvgIpc) is 2.91. The van der Waals surface area contributed by atoms with Crippen LogP contribution in [0.3, 0.4) is 0 Å². The molecule has 2 saturated heterocycles. The number of aliphatic hydroxyl groups is 1. The SMILES string of the molecule is CC(=O)O[C@@H](C)C(=O)Nc1ccc([C@H]2O[C@@H](CN3CCCCCCC3)[C@@H](C)[C@@H](c3ccc(CO)cc3)O2)cc1. The summed E-state index contributed by atoms with van der Waals surface area (Å²) >= 11 is 0. The second kappa shape index (κ2) is 14.0. The molecule has 8 nitrogen and oxygen atoms in total. The zero-order valence-electron chi connectivity index (χ0n) is 23.3. The van der Waals surface area contributed by atoms with Gasteiger partial charge in [0, 0.05) is 30.6 Å². The minimum atomic E-state index is -0.879. The van der Waals surface area contributed by atoms with E-state index in [4.69, 9.17) is 14.2 Å². The fourth-order valence-corrected chi connectivity index (χ4v) is 5.35. The predicted octanol–water partition coefficient (Wildman–Crippen LogP) is 5.13. The molecule has 8 heteroatoms. The van der Waals surface area contributed by atoms with Crippen molar-refractivity contribution in [3.05, 3.63) is 65.2 Å². The summed E-state index contributed by atoms with van der Waals surface area (Å²) in [7, 11) is 0. The maximum atomic E-state index is 12.3. The second-order valence-corrected chi connectivity index (χ2v) is 10.8. The maximum Gasteiger partial charge on any atom is 0.303 e. The highest BCUT2D eigenvalue weighted by molar-refractivity contribution is 5.94. The van der Waals surface area contributed by atoms with E-state index in [2.05, 4.69) is 17.1 Å². The summed E-state index contributed by atoms with van der Waals surface area (Å²) in [5.41, 5.74) is 3.39. The molecule has 212 valence electrons. The lowest BCUT2D eigenvalue weighted by Gasteiger charge is -2.43. The van der Waals surface area contributed by atoms with Crippen LogP contribution in [0, 0.1) is 5.92 Å². The number of rotatable bonds is 8. The van der Waals surface area contributed by atoms with E-state index >= 15 is 0 Å². The molecule has 5 atom stereocenters. The number of nitrogens with one attached hydrogen (secondary N) is 1. The van der Waals surface area contributed by atoms with Gasteiger partial charge in [-0.1, -0.05) is 62.6 Å². The monoisotopic (exact) mass is 538 g/mol. The minimum Gasteiger partial charge on any atom is -0.453 e. The van der Waals surface area contributed by atoms with Crippen LogP contribution in [0.25, 0.3) is 0 Å². The van der Waals surface area contributed by atoms with Crippen LogP contribution in [0.1, 0.15) is 82.0 Å². The Hall–Kier alpha value is -2.78. The molecule has 2 aliphatic rings. The summed E-state index contributed by atoms with van der Waals surface area (Å²) in [4.78, 5) is 26.0. The Labute approximate surface area is 231 Å². The largest absolute Gasteiger partial charge is 0.453 e. The molecule has 0 bridgehead atoms. The summed E-state index contributed by atoms with van der Waals surface area (Å²) in [5, 5.41) is 12.3. The van der Waals surface area contributed by atoms with Gasteiger partial charge in [-0.05, 0) is 56.1 Å². The number of carbonyl (C=O) groups is 2. The Morgan fingerprint density at radius 2 is 1.59 bits per heavy atom. The number of anilines is 1. The Morgan fingerprint density at radius 3 is 2.21 bits per heavy atom. The van der Waals surface area contributed by atoms with E-state index < -0.39 is 24.3 Å². The molecule has 39 heavy (non-hydrogen) atoms. The Bertz CT molecular complexity index is 1070. The van der Waals surface area contributed by atoms with Crippen LogP contribution in [-0.4, -0.2) is 53.7 Å².